The van der Waals surface area contributed by atoms with Gasteiger partial charge < -0.3 is 10.1 Å². The van der Waals surface area contributed by atoms with Gasteiger partial charge in [0.25, 0.3) is 11.8 Å². The van der Waals surface area contributed by atoms with Crippen LogP contribution in [0.25, 0.3) is 0 Å². The molecule has 0 bridgehead atoms. The van der Waals surface area contributed by atoms with E-state index in [0.29, 0.717) is 16.4 Å². The Morgan fingerprint density at radius 2 is 1.67 bits per heavy atom. The lowest BCUT2D eigenvalue weighted by Crippen LogP contribution is -2.65. The number of rotatable bonds is 9. The standard InChI is InChI=1S/C32H26ClN5O4S/c1-42-27-9-5-6-21(18-27)19-34-25-14-10-22(11-15-25)29(39)36-38-31(41)28(20-35-24-7-3-2-4-8-24)30(40)37(32(38)43)26-16-12-23(33)13-17-26/h2-19,28,35H,20H2,1H3,(H,36,39). The molecule has 2 N–H and O–H groups in total. The minimum atomic E-state index is -1.17. The lowest BCUT2D eigenvalue weighted by Gasteiger charge is -2.39. The molecule has 1 heterocycles. The van der Waals surface area contributed by atoms with E-state index in [2.05, 4.69) is 15.7 Å². The number of nitrogens with zero attached hydrogens (tertiary/aromatic N) is 3. The fourth-order valence-corrected chi connectivity index (χ4v) is 4.78. The normalized spacial score (nSPS) is 15.1. The smallest absolute Gasteiger partial charge is 0.270 e. The maximum Gasteiger partial charge on any atom is 0.270 e. The Hall–Kier alpha value is -5.06. The van der Waals surface area contributed by atoms with Crippen molar-refractivity contribution in [3.05, 3.63) is 119 Å². The first-order chi connectivity index (χ1) is 20.8. The number of anilines is 2. The summed E-state index contributed by atoms with van der Waals surface area (Å²) in [6.07, 6.45) is 1.69. The number of hydrogen-bond donors (Lipinski definition) is 2. The predicted octanol–water partition coefficient (Wildman–Crippen LogP) is 5.63. The van der Waals surface area contributed by atoms with Gasteiger partial charge >= 0.3 is 0 Å². The second kappa shape index (κ2) is 13.3. The SMILES string of the molecule is COc1cccc(C=Nc2ccc(C(=O)NN3C(=O)C(CNc4ccccc4)C(=O)N(c4ccc(Cl)cc4)C3=S)cc2)c1. The molecular weight excluding hydrogens is 586 g/mol. The summed E-state index contributed by atoms with van der Waals surface area (Å²) >= 11 is 11.6. The van der Waals surface area contributed by atoms with Crippen molar-refractivity contribution >= 4 is 69.9 Å². The van der Waals surface area contributed by atoms with Gasteiger partial charge in [0.1, 0.15) is 11.7 Å². The summed E-state index contributed by atoms with van der Waals surface area (Å²) in [5.74, 6) is -2.22. The molecule has 216 valence electrons. The average Bonchev–Trinajstić information content (AvgIpc) is 3.03. The number of hydrogen-bond acceptors (Lipinski definition) is 7. The zero-order chi connectivity index (χ0) is 30.3. The van der Waals surface area contributed by atoms with Crippen LogP contribution in [0, 0.1) is 5.92 Å². The summed E-state index contributed by atoms with van der Waals surface area (Å²) in [6.45, 7) is -0.0132. The largest absolute Gasteiger partial charge is 0.497 e. The van der Waals surface area contributed by atoms with E-state index >= 15 is 0 Å². The summed E-state index contributed by atoms with van der Waals surface area (Å²) in [4.78, 5) is 46.1. The number of amides is 3. The highest BCUT2D eigenvalue weighted by molar-refractivity contribution is 7.80. The van der Waals surface area contributed by atoms with Crippen molar-refractivity contribution in [2.75, 3.05) is 23.9 Å². The van der Waals surface area contributed by atoms with Gasteiger partial charge in [-0.1, -0.05) is 41.9 Å². The molecule has 0 spiro atoms. The van der Waals surface area contributed by atoms with Gasteiger partial charge in [0.15, 0.2) is 0 Å². The fourth-order valence-electron chi connectivity index (χ4n) is 4.32. The number of methoxy groups -OCH3 is 1. The van der Waals surface area contributed by atoms with Crippen molar-refractivity contribution in [3.8, 4) is 5.75 Å². The van der Waals surface area contributed by atoms with E-state index in [1.54, 1.807) is 61.9 Å². The third kappa shape index (κ3) is 6.88. The second-order valence-corrected chi connectivity index (χ2v) is 10.2. The van der Waals surface area contributed by atoms with Crippen molar-refractivity contribution < 1.29 is 19.1 Å². The van der Waals surface area contributed by atoms with Crippen LogP contribution in [0.1, 0.15) is 15.9 Å². The predicted molar refractivity (Wildman–Crippen MR) is 171 cm³/mol. The van der Waals surface area contributed by atoms with E-state index in [-0.39, 0.29) is 17.2 Å². The van der Waals surface area contributed by atoms with Crippen molar-refractivity contribution in [2.24, 2.45) is 10.9 Å². The van der Waals surface area contributed by atoms with Crippen molar-refractivity contribution in [3.63, 3.8) is 0 Å². The number of para-hydroxylation sites is 1. The Kier molecular flexibility index (Phi) is 9.09. The summed E-state index contributed by atoms with van der Waals surface area (Å²) in [5, 5.41) is 4.36. The van der Waals surface area contributed by atoms with Crippen LogP contribution in [-0.4, -0.2) is 47.7 Å². The first-order valence-corrected chi connectivity index (χ1v) is 14.0. The molecule has 4 aromatic rings. The molecule has 0 saturated carbocycles. The van der Waals surface area contributed by atoms with Crippen LogP contribution in [0.5, 0.6) is 5.75 Å². The Labute approximate surface area is 258 Å². The van der Waals surface area contributed by atoms with Crippen LogP contribution >= 0.6 is 23.8 Å². The molecule has 9 nitrogen and oxygen atoms in total. The third-order valence-corrected chi connectivity index (χ3v) is 7.20. The van der Waals surface area contributed by atoms with Gasteiger partial charge in [-0.25, -0.2) is 0 Å². The molecule has 1 atom stereocenters. The number of carbonyl (C=O) groups excluding carboxylic acids is 3. The van der Waals surface area contributed by atoms with Crippen molar-refractivity contribution in [2.45, 2.75) is 0 Å². The molecule has 1 fully saturated rings. The molecule has 4 aromatic carbocycles. The number of benzene rings is 4. The maximum atomic E-state index is 13.6. The molecule has 0 radical (unpaired) electrons. The van der Waals surface area contributed by atoms with Gasteiger partial charge in [0.2, 0.25) is 11.0 Å². The summed E-state index contributed by atoms with van der Waals surface area (Å²) in [7, 11) is 1.60. The number of thiocarbonyl (C=S) groups is 1. The van der Waals surface area contributed by atoms with Crippen LogP contribution in [0.2, 0.25) is 5.02 Å². The van der Waals surface area contributed by atoms with Crippen molar-refractivity contribution in [1.82, 2.24) is 10.4 Å². The Balaban J connectivity index is 1.35. The number of nitrogens with one attached hydrogen (secondary N) is 2. The van der Waals surface area contributed by atoms with E-state index in [0.717, 1.165) is 22.0 Å². The summed E-state index contributed by atoms with van der Waals surface area (Å²) in [5.41, 5.74) is 5.48. The Morgan fingerprint density at radius 1 is 0.953 bits per heavy atom. The van der Waals surface area contributed by atoms with Crippen LogP contribution in [0.3, 0.4) is 0 Å². The van der Waals surface area contributed by atoms with E-state index in [1.807, 2.05) is 54.6 Å². The molecule has 0 aromatic heterocycles. The monoisotopic (exact) mass is 611 g/mol. The van der Waals surface area contributed by atoms with Gasteiger partial charge in [-0.3, -0.25) is 29.7 Å². The first-order valence-electron chi connectivity index (χ1n) is 13.2. The van der Waals surface area contributed by atoms with Gasteiger partial charge in [-0.15, -0.1) is 0 Å². The molecule has 11 heteroatoms. The summed E-state index contributed by atoms with van der Waals surface area (Å²) in [6, 6.07) is 29.6. The molecule has 1 saturated heterocycles. The number of halogens is 1. The lowest BCUT2D eigenvalue weighted by atomic mass is 10.0. The quantitative estimate of drug-likeness (QED) is 0.144. The zero-order valence-electron chi connectivity index (χ0n) is 22.9. The molecule has 0 aliphatic carbocycles. The van der Waals surface area contributed by atoms with Gasteiger partial charge in [-0.2, -0.15) is 5.01 Å². The second-order valence-electron chi connectivity index (χ2n) is 9.43. The molecule has 1 unspecified atom stereocenters. The van der Waals surface area contributed by atoms with Crippen LogP contribution in [0.15, 0.2) is 108 Å². The van der Waals surface area contributed by atoms with Crippen molar-refractivity contribution in [1.29, 1.82) is 0 Å². The van der Waals surface area contributed by atoms with Crippen LogP contribution in [-0.2, 0) is 9.59 Å². The van der Waals surface area contributed by atoms with E-state index in [1.165, 1.54) is 4.90 Å². The van der Waals surface area contributed by atoms with Gasteiger partial charge in [0.05, 0.1) is 18.5 Å². The molecule has 43 heavy (non-hydrogen) atoms. The Morgan fingerprint density at radius 3 is 2.37 bits per heavy atom. The minimum absolute atomic E-state index is 0.0132. The molecule has 1 aliphatic rings. The highest BCUT2D eigenvalue weighted by Crippen LogP contribution is 2.26. The highest BCUT2D eigenvalue weighted by atomic mass is 35.5. The highest BCUT2D eigenvalue weighted by Gasteiger charge is 2.45. The molecular formula is C32H26ClN5O4S. The van der Waals surface area contributed by atoms with Gasteiger partial charge in [0, 0.05) is 29.0 Å². The zero-order valence-corrected chi connectivity index (χ0v) is 24.5. The number of carbonyl (C=O) groups is 3. The van der Waals surface area contributed by atoms with E-state index in [4.69, 9.17) is 28.6 Å². The topological polar surface area (TPSA) is 103 Å². The van der Waals surface area contributed by atoms with Crippen LogP contribution in [0.4, 0.5) is 17.1 Å². The van der Waals surface area contributed by atoms with E-state index in [9.17, 15) is 14.4 Å². The average molecular weight is 612 g/mol. The van der Waals surface area contributed by atoms with E-state index < -0.39 is 23.6 Å². The Bertz CT molecular complexity index is 1680. The molecule has 3 amide bonds. The molecule has 1 aliphatic heterocycles. The number of aliphatic imine (C=N–C) groups is 1. The minimum Gasteiger partial charge on any atom is -0.497 e. The lowest BCUT2D eigenvalue weighted by molar-refractivity contribution is -0.140. The number of ether oxygens (including phenoxy) is 1. The fraction of sp³-hybridized carbons (Fsp3) is 0.0938. The molecule has 5 rings (SSSR count). The first kappa shape index (κ1) is 29.4. The summed E-state index contributed by atoms with van der Waals surface area (Å²) < 4.78 is 5.24. The number of hydrazine groups is 1. The van der Waals surface area contributed by atoms with Gasteiger partial charge in [-0.05, 0) is 90.6 Å². The van der Waals surface area contributed by atoms with Crippen LogP contribution < -0.4 is 20.4 Å². The maximum absolute atomic E-state index is 13.6. The third-order valence-electron chi connectivity index (χ3n) is 6.59.